The summed E-state index contributed by atoms with van der Waals surface area (Å²) in [6.45, 7) is 7.72. The lowest BCUT2D eigenvalue weighted by Crippen LogP contribution is -2.54. The second-order valence-corrected chi connectivity index (χ2v) is 8.83. The van der Waals surface area contributed by atoms with E-state index < -0.39 is 17.5 Å². The summed E-state index contributed by atoms with van der Waals surface area (Å²) in [5, 5.41) is 15.3. The predicted molar refractivity (Wildman–Crippen MR) is 101 cm³/mol. The minimum Gasteiger partial charge on any atom is -0.506 e. The lowest BCUT2D eigenvalue weighted by Gasteiger charge is -2.43. The second-order valence-electron chi connectivity index (χ2n) is 8.83. The van der Waals surface area contributed by atoms with E-state index in [9.17, 15) is 19.5 Å². The number of aromatic hydroxyl groups is 1. The molecule has 7 heteroatoms. The van der Waals surface area contributed by atoms with Crippen LogP contribution in [0.4, 0.5) is 10.5 Å². The van der Waals surface area contributed by atoms with Gasteiger partial charge in [-0.1, -0.05) is 26.8 Å². The number of phenolic OH excluding ortho intramolecular Hbond substituents is 1. The summed E-state index contributed by atoms with van der Waals surface area (Å²) in [6, 6.07) is 4.34. The summed E-state index contributed by atoms with van der Waals surface area (Å²) in [6.07, 6.45) is 2.13. The van der Waals surface area contributed by atoms with Gasteiger partial charge in [0.2, 0.25) is 5.91 Å². The molecule has 1 saturated carbocycles. The molecule has 146 valence electrons. The van der Waals surface area contributed by atoms with Crippen molar-refractivity contribution in [2.75, 3.05) is 11.9 Å². The first-order valence-corrected chi connectivity index (χ1v) is 9.25. The number of phenols is 1. The molecule has 1 aromatic carbocycles. The number of anilines is 1. The molecular weight excluding hydrogens is 346 g/mol. The number of hydrogen-bond acceptors (Lipinski definition) is 4. The van der Waals surface area contributed by atoms with Gasteiger partial charge in [-0.05, 0) is 55.2 Å². The minimum absolute atomic E-state index is 0.0557. The highest BCUT2D eigenvalue weighted by Crippen LogP contribution is 2.46. The molecule has 1 heterocycles. The standard InChI is InChI=1S/C20H27N3O4/c1-12-5-6-14(15(24)7-12)21-16(25)10-23-17(26)20(22-18(23)27)9-13(2)8-19(3,4)11-20/h5-7,13,24H,8-11H2,1-4H3,(H,21,25)(H,22,27)/t13-,20+/m0/s1. The van der Waals surface area contributed by atoms with Crippen LogP contribution in [0.5, 0.6) is 5.75 Å². The molecular formula is C20H27N3O4. The molecule has 3 rings (SSSR count). The van der Waals surface area contributed by atoms with Crippen LogP contribution in [-0.4, -0.2) is 39.9 Å². The van der Waals surface area contributed by atoms with E-state index in [0.29, 0.717) is 18.8 Å². The molecule has 2 aliphatic rings. The summed E-state index contributed by atoms with van der Waals surface area (Å²) in [7, 11) is 0. The Kier molecular flexibility index (Phi) is 4.66. The number of aryl methyl sites for hydroxylation is 1. The number of nitrogens with zero attached hydrogens (tertiary/aromatic N) is 1. The molecule has 1 aromatic rings. The van der Waals surface area contributed by atoms with Crippen molar-refractivity contribution in [3.8, 4) is 5.75 Å². The van der Waals surface area contributed by atoms with Crippen LogP contribution in [-0.2, 0) is 9.59 Å². The predicted octanol–water partition coefficient (Wildman–Crippen LogP) is 2.78. The van der Waals surface area contributed by atoms with E-state index in [4.69, 9.17) is 0 Å². The van der Waals surface area contributed by atoms with Crippen molar-refractivity contribution in [2.45, 2.75) is 52.5 Å². The zero-order chi connectivity index (χ0) is 20.0. The summed E-state index contributed by atoms with van der Waals surface area (Å²) in [4.78, 5) is 38.8. The van der Waals surface area contributed by atoms with E-state index in [2.05, 4.69) is 31.4 Å². The summed E-state index contributed by atoms with van der Waals surface area (Å²) in [5.74, 6) is -0.621. The molecule has 27 heavy (non-hydrogen) atoms. The van der Waals surface area contributed by atoms with Crippen molar-refractivity contribution in [3.63, 3.8) is 0 Å². The van der Waals surface area contributed by atoms with Gasteiger partial charge in [-0.3, -0.25) is 14.5 Å². The summed E-state index contributed by atoms with van der Waals surface area (Å²) >= 11 is 0. The molecule has 1 aliphatic heterocycles. The minimum atomic E-state index is -0.926. The largest absolute Gasteiger partial charge is 0.506 e. The van der Waals surface area contributed by atoms with Crippen LogP contribution in [0.3, 0.4) is 0 Å². The Bertz CT molecular complexity index is 804. The van der Waals surface area contributed by atoms with E-state index in [1.165, 1.54) is 6.07 Å². The van der Waals surface area contributed by atoms with Gasteiger partial charge < -0.3 is 15.7 Å². The molecule has 1 saturated heterocycles. The molecule has 4 amide bonds. The Hall–Kier alpha value is -2.57. The zero-order valence-electron chi connectivity index (χ0n) is 16.3. The number of carbonyl (C=O) groups is 3. The number of urea groups is 1. The number of nitrogens with one attached hydrogen (secondary N) is 2. The van der Waals surface area contributed by atoms with Crippen LogP contribution in [0.2, 0.25) is 0 Å². The Balaban J connectivity index is 1.73. The lowest BCUT2D eigenvalue weighted by atomic mass is 9.64. The molecule has 0 radical (unpaired) electrons. The van der Waals surface area contributed by atoms with Crippen LogP contribution in [0.1, 0.15) is 45.6 Å². The van der Waals surface area contributed by atoms with E-state index in [-0.39, 0.29) is 29.3 Å². The van der Waals surface area contributed by atoms with E-state index in [1.54, 1.807) is 12.1 Å². The highest BCUT2D eigenvalue weighted by molar-refractivity contribution is 6.10. The fourth-order valence-electron chi connectivity index (χ4n) is 4.73. The molecule has 2 atom stereocenters. The van der Waals surface area contributed by atoms with Crippen LogP contribution in [0, 0.1) is 18.3 Å². The topological polar surface area (TPSA) is 98.7 Å². The van der Waals surface area contributed by atoms with Gasteiger partial charge in [0.1, 0.15) is 17.8 Å². The van der Waals surface area contributed by atoms with Gasteiger partial charge in [-0.2, -0.15) is 0 Å². The van der Waals surface area contributed by atoms with Crippen molar-refractivity contribution in [2.24, 2.45) is 11.3 Å². The third kappa shape index (κ3) is 3.77. The van der Waals surface area contributed by atoms with Crippen LogP contribution < -0.4 is 10.6 Å². The Morgan fingerprint density at radius 2 is 2.04 bits per heavy atom. The molecule has 1 aliphatic carbocycles. The third-order valence-electron chi connectivity index (χ3n) is 5.35. The Morgan fingerprint density at radius 3 is 2.67 bits per heavy atom. The highest BCUT2D eigenvalue weighted by Gasteiger charge is 2.56. The SMILES string of the molecule is Cc1ccc(NC(=O)CN2C(=O)N[C@@]3(C[C@@H](C)CC(C)(C)C3)C2=O)c(O)c1. The maximum Gasteiger partial charge on any atom is 0.325 e. The monoisotopic (exact) mass is 373 g/mol. The van der Waals surface area contributed by atoms with Crippen molar-refractivity contribution >= 4 is 23.5 Å². The number of benzene rings is 1. The molecule has 1 spiro atoms. The highest BCUT2D eigenvalue weighted by atomic mass is 16.3. The van der Waals surface area contributed by atoms with Gasteiger partial charge >= 0.3 is 6.03 Å². The number of imide groups is 1. The average Bonchev–Trinajstić information content (AvgIpc) is 2.72. The maximum absolute atomic E-state index is 13.0. The first-order chi connectivity index (χ1) is 12.5. The molecule has 0 bridgehead atoms. The van der Waals surface area contributed by atoms with Gasteiger partial charge in [-0.15, -0.1) is 0 Å². The number of amides is 4. The fourth-order valence-corrected chi connectivity index (χ4v) is 4.73. The molecule has 7 nitrogen and oxygen atoms in total. The number of carbonyl (C=O) groups excluding carboxylic acids is 3. The number of hydrogen-bond donors (Lipinski definition) is 3. The lowest BCUT2D eigenvalue weighted by molar-refractivity contribution is -0.136. The normalized spacial score (nSPS) is 27.0. The van der Waals surface area contributed by atoms with Gasteiger partial charge in [0.25, 0.3) is 5.91 Å². The fraction of sp³-hybridized carbons (Fsp3) is 0.550. The second kappa shape index (κ2) is 6.55. The summed E-state index contributed by atoms with van der Waals surface area (Å²) < 4.78 is 0. The third-order valence-corrected chi connectivity index (χ3v) is 5.35. The quantitative estimate of drug-likeness (QED) is 0.560. The zero-order valence-corrected chi connectivity index (χ0v) is 16.3. The van der Waals surface area contributed by atoms with Crippen LogP contribution in [0.25, 0.3) is 0 Å². The first-order valence-electron chi connectivity index (χ1n) is 9.25. The van der Waals surface area contributed by atoms with Crippen molar-refractivity contribution < 1.29 is 19.5 Å². The molecule has 0 unspecified atom stereocenters. The van der Waals surface area contributed by atoms with E-state index in [0.717, 1.165) is 16.9 Å². The van der Waals surface area contributed by atoms with Crippen LogP contribution in [0.15, 0.2) is 18.2 Å². The smallest absolute Gasteiger partial charge is 0.325 e. The average molecular weight is 373 g/mol. The maximum atomic E-state index is 13.0. The van der Waals surface area contributed by atoms with Crippen molar-refractivity contribution in [3.05, 3.63) is 23.8 Å². The van der Waals surface area contributed by atoms with E-state index in [1.807, 2.05) is 6.92 Å². The van der Waals surface area contributed by atoms with Gasteiger partial charge in [0.05, 0.1) is 5.69 Å². The molecule has 3 N–H and O–H groups in total. The van der Waals surface area contributed by atoms with Gasteiger partial charge in [-0.25, -0.2) is 4.79 Å². The van der Waals surface area contributed by atoms with Gasteiger partial charge in [0.15, 0.2) is 0 Å². The van der Waals surface area contributed by atoms with Crippen molar-refractivity contribution in [1.82, 2.24) is 10.2 Å². The molecule has 0 aromatic heterocycles. The molecule has 2 fully saturated rings. The van der Waals surface area contributed by atoms with Crippen LogP contribution >= 0.6 is 0 Å². The van der Waals surface area contributed by atoms with Crippen molar-refractivity contribution in [1.29, 1.82) is 0 Å². The Labute approximate surface area is 159 Å². The van der Waals surface area contributed by atoms with Gasteiger partial charge in [0, 0.05) is 0 Å². The van der Waals surface area contributed by atoms with E-state index >= 15 is 0 Å². The number of rotatable bonds is 3. The first kappa shape index (κ1) is 19.2. The Morgan fingerprint density at radius 1 is 1.33 bits per heavy atom. The summed E-state index contributed by atoms with van der Waals surface area (Å²) in [5.41, 5.74) is 0.118.